The quantitative estimate of drug-likeness (QED) is 0.816. The molecule has 102 valence electrons. The summed E-state index contributed by atoms with van der Waals surface area (Å²) in [6.45, 7) is 6.84. The first-order chi connectivity index (χ1) is 9.29. The highest BCUT2D eigenvalue weighted by Gasteiger charge is 2.18. The van der Waals surface area contributed by atoms with Crippen LogP contribution in [0.25, 0.3) is 0 Å². The van der Waals surface area contributed by atoms with Gasteiger partial charge in [0.05, 0.1) is 31.8 Å². The van der Waals surface area contributed by atoms with Crippen LogP contribution in [0.5, 0.6) is 5.75 Å². The molecule has 1 fully saturated rings. The van der Waals surface area contributed by atoms with Crippen molar-refractivity contribution in [2.75, 3.05) is 26.2 Å². The summed E-state index contributed by atoms with van der Waals surface area (Å²) in [6, 6.07) is 9.60. The van der Waals surface area contributed by atoms with Crippen LogP contribution < -0.4 is 9.64 Å². The Bertz CT molecular complexity index is 431. The lowest BCUT2D eigenvalue weighted by Gasteiger charge is -2.27. The van der Waals surface area contributed by atoms with E-state index in [0.29, 0.717) is 17.9 Å². The number of benzene rings is 1. The molecule has 1 saturated heterocycles. The minimum absolute atomic E-state index is 0.627. The van der Waals surface area contributed by atoms with Gasteiger partial charge < -0.3 is 9.64 Å². The first-order valence-corrected chi connectivity index (χ1v) is 7.25. The Kier molecular flexibility index (Phi) is 5.23. The third kappa shape index (κ3) is 4.25. The zero-order chi connectivity index (χ0) is 13.5. The van der Waals surface area contributed by atoms with Crippen molar-refractivity contribution in [3.05, 3.63) is 29.8 Å². The van der Waals surface area contributed by atoms with E-state index < -0.39 is 0 Å². The van der Waals surface area contributed by atoms with Crippen molar-refractivity contribution in [1.82, 2.24) is 0 Å². The van der Waals surface area contributed by atoms with Crippen LogP contribution in [0.3, 0.4) is 0 Å². The molecule has 19 heavy (non-hydrogen) atoms. The number of hydrogen-bond donors (Lipinski definition) is 1. The average Bonchev–Trinajstić information content (AvgIpc) is 2.46. The van der Waals surface area contributed by atoms with Crippen LogP contribution in [0.1, 0.15) is 31.7 Å². The first kappa shape index (κ1) is 13.9. The fraction of sp³-hybridized carbons (Fsp3) is 0.562. The van der Waals surface area contributed by atoms with Gasteiger partial charge in [-0.15, -0.1) is 0 Å². The van der Waals surface area contributed by atoms with E-state index >= 15 is 0 Å². The fourth-order valence-corrected chi connectivity index (χ4v) is 2.61. The molecular weight excluding hydrogens is 236 g/mol. The van der Waals surface area contributed by atoms with Crippen molar-refractivity contribution in [2.24, 2.45) is 5.92 Å². The minimum atomic E-state index is 0.627. The number of hydrogen-bond acceptors (Lipinski definition) is 2. The number of nitriles is 1. The molecule has 0 unspecified atom stereocenters. The summed E-state index contributed by atoms with van der Waals surface area (Å²) in [7, 11) is 0. The molecule has 1 aromatic carbocycles. The predicted octanol–water partition coefficient (Wildman–Crippen LogP) is 1.64. The number of likely N-dealkylation sites (tertiary alicyclic amines) is 1. The number of nitrogens with one attached hydrogen (secondary N) is 1. The largest absolute Gasteiger partial charge is 0.492 e. The molecule has 0 amide bonds. The van der Waals surface area contributed by atoms with Crippen LogP contribution in [0.4, 0.5) is 0 Å². The molecule has 1 aliphatic rings. The number of rotatable bonds is 5. The summed E-state index contributed by atoms with van der Waals surface area (Å²) in [4.78, 5) is 1.70. The van der Waals surface area contributed by atoms with E-state index in [4.69, 9.17) is 10.00 Å². The zero-order valence-corrected chi connectivity index (χ0v) is 11.7. The lowest BCUT2D eigenvalue weighted by atomic mass is 9.99. The summed E-state index contributed by atoms with van der Waals surface area (Å²) < 4.78 is 5.70. The molecular formula is C16H23N2O+. The van der Waals surface area contributed by atoms with Crippen molar-refractivity contribution in [2.45, 2.75) is 26.2 Å². The predicted molar refractivity (Wildman–Crippen MR) is 75.2 cm³/mol. The van der Waals surface area contributed by atoms with Gasteiger partial charge in [-0.2, -0.15) is 5.26 Å². The van der Waals surface area contributed by atoms with Gasteiger partial charge in [0.25, 0.3) is 0 Å². The summed E-state index contributed by atoms with van der Waals surface area (Å²) >= 11 is 0. The van der Waals surface area contributed by atoms with E-state index in [1.54, 1.807) is 11.0 Å². The van der Waals surface area contributed by atoms with Gasteiger partial charge in [0.15, 0.2) is 0 Å². The molecule has 0 atom stereocenters. The minimum Gasteiger partial charge on any atom is -0.492 e. The Morgan fingerprint density at radius 3 is 2.79 bits per heavy atom. The SMILES string of the molecule is CC1CC[NH+](CCCOc2ccccc2C#N)CC1. The molecule has 0 radical (unpaired) electrons. The number of para-hydroxylation sites is 1. The number of ether oxygens (including phenoxy) is 1. The maximum Gasteiger partial charge on any atom is 0.137 e. The van der Waals surface area contributed by atoms with Crippen LogP contribution in [-0.2, 0) is 0 Å². The van der Waals surface area contributed by atoms with Crippen molar-refractivity contribution in [1.29, 1.82) is 5.26 Å². The molecule has 1 heterocycles. The van der Waals surface area contributed by atoms with Gasteiger partial charge >= 0.3 is 0 Å². The van der Waals surface area contributed by atoms with Crippen LogP contribution >= 0.6 is 0 Å². The van der Waals surface area contributed by atoms with Crippen molar-refractivity contribution < 1.29 is 9.64 Å². The first-order valence-electron chi connectivity index (χ1n) is 7.25. The Morgan fingerprint density at radius 1 is 1.32 bits per heavy atom. The molecule has 3 nitrogen and oxygen atoms in total. The van der Waals surface area contributed by atoms with Gasteiger partial charge in [0, 0.05) is 6.42 Å². The molecule has 0 aromatic heterocycles. The van der Waals surface area contributed by atoms with Crippen molar-refractivity contribution >= 4 is 0 Å². The summed E-state index contributed by atoms with van der Waals surface area (Å²) in [5.74, 6) is 1.62. The molecule has 1 N–H and O–H groups in total. The fourth-order valence-electron chi connectivity index (χ4n) is 2.61. The van der Waals surface area contributed by atoms with Gasteiger partial charge in [-0.3, -0.25) is 0 Å². The molecule has 0 spiro atoms. The van der Waals surface area contributed by atoms with E-state index in [0.717, 1.165) is 12.3 Å². The van der Waals surface area contributed by atoms with E-state index in [-0.39, 0.29) is 0 Å². The number of nitrogens with zero attached hydrogens (tertiary/aromatic N) is 1. The Balaban J connectivity index is 1.68. The maximum atomic E-state index is 8.97. The van der Waals surface area contributed by atoms with Gasteiger partial charge in [-0.1, -0.05) is 19.1 Å². The van der Waals surface area contributed by atoms with Crippen molar-refractivity contribution in [3.63, 3.8) is 0 Å². The Hall–Kier alpha value is -1.53. The molecule has 1 aromatic rings. The summed E-state index contributed by atoms with van der Waals surface area (Å²) in [5, 5.41) is 8.97. The van der Waals surface area contributed by atoms with Crippen LogP contribution in [0.15, 0.2) is 24.3 Å². The van der Waals surface area contributed by atoms with Crippen LogP contribution in [0, 0.1) is 17.2 Å². The van der Waals surface area contributed by atoms with E-state index in [2.05, 4.69) is 13.0 Å². The monoisotopic (exact) mass is 259 g/mol. The summed E-state index contributed by atoms with van der Waals surface area (Å²) in [5.41, 5.74) is 0.627. The van der Waals surface area contributed by atoms with Crippen LogP contribution in [0.2, 0.25) is 0 Å². The molecule has 2 rings (SSSR count). The molecule has 0 saturated carbocycles. The number of piperidine rings is 1. The summed E-state index contributed by atoms with van der Waals surface area (Å²) in [6.07, 6.45) is 3.77. The lowest BCUT2D eigenvalue weighted by Crippen LogP contribution is -3.13. The van der Waals surface area contributed by atoms with E-state index in [9.17, 15) is 0 Å². The molecule has 1 aliphatic heterocycles. The molecule has 0 aliphatic carbocycles. The average molecular weight is 259 g/mol. The lowest BCUT2D eigenvalue weighted by molar-refractivity contribution is -0.906. The van der Waals surface area contributed by atoms with E-state index in [1.807, 2.05) is 18.2 Å². The third-order valence-corrected chi connectivity index (χ3v) is 3.92. The second-order valence-corrected chi connectivity index (χ2v) is 5.49. The second-order valence-electron chi connectivity index (χ2n) is 5.49. The van der Waals surface area contributed by atoms with Gasteiger partial charge in [-0.05, 0) is 30.9 Å². The van der Waals surface area contributed by atoms with Gasteiger partial charge in [0.2, 0.25) is 0 Å². The molecule has 0 bridgehead atoms. The Labute approximate surface area is 115 Å². The zero-order valence-electron chi connectivity index (χ0n) is 11.7. The normalized spacial score (nSPS) is 22.7. The highest BCUT2D eigenvalue weighted by atomic mass is 16.5. The van der Waals surface area contributed by atoms with Crippen LogP contribution in [-0.4, -0.2) is 26.2 Å². The van der Waals surface area contributed by atoms with E-state index in [1.165, 1.54) is 32.5 Å². The second kappa shape index (κ2) is 7.16. The standard InChI is InChI=1S/C16H22N2O/c1-14-7-10-18(11-8-14)9-4-12-19-16-6-3-2-5-15(16)13-17/h2-3,5-6,14H,4,7-12H2,1H3/p+1. The smallest absolute Gasteiger partial charge is 0.137 e. The number of quaternary nitrogens is 1. The third-order valence-electron chi connectivity index (χ3n) is 3.92. The Morgan fingerprint density at radius 2 is 2.05 bits per heavy atom. The van der Waals surface area contributed by atoms with Gasteiger partial charge in [-0.25, -0.2) is 0 Å². The highest BCUT2D eigenvalue weighted by Crippen LogP contribution is 2.16. The molecule has 3 heteroatoms. The topological polar surface area (TPSA) is 37.5 Å². The van der Waals surface area contributed by atoms with Crippen molar-refractivity contribution in [3.8, 4) is 11.8 Å². The maximum absolute atomic E-state index is 8.97. The van der Waals surface area contributed by atoms with Gasteiger partial charge in [0.1, 0.15) is 11.8 Å². The highest BCUT2D eigenvalue weighted by molar-refractivity contribution is 5.42.